The summed E-state index contributed by atoms with van der Waals surface area (Å²) in [5.74, 6) is -2.42. The van der Waals surface area contributed by atoms with Crippen LogP contribution in [0.25, 0.3) is 0 Å². The van der Waals surface area contributed by atoms with Crippen LogP contribution < -0.4 is 4.90 Å². The molecule has 0 spiro atoms. The second kappa shape index (κ2) is 5.41. The second-order valence-corrected chi connectivity index (χ2v) is 7.86. The Morgan fingerprint density at radius 1 is 0.846 bits per heavy atom. The van der Waals surface area contributed by atoms with Gasteiger partial charge in [-0.15, -0.1) is 0 Å². The van der Waals surface area contributed by atoms with Crippen LogP contribution in [-0.2, 0) is 14.4 Å². The number of benzene rings is 2. The Labute approximate surface area is 159 Å². The summed E-state index contributed by atoms with van der Waals surface area (Å²) in [5, 5.41) is 0.636. The van der Waals surface area contributed by atoms with E-state index in [-0.39, 0.29) is 28.5 Å². The molecule has 4 nitrogen and oxygen atoms in total. The van der Waals surface area contributed by atoms with Crippen LogP contribution in [0.3, 0.4) is 0 Å². The highest BCUT2D eigenvalue weighted by Gasteiger charge is 2.62. The standard InChI is InChI=1S/C20H13Cl2NO3/c21-13-6-5-9(7-14(13)22)23-19(25)17-12-8-15(24)16(18(17)20(23)26)11-4-2-1-3-10(11)12/h1-7,12,16-18H,8H2/t12-,16+,17-,18+/m0/s1. The molecule has 3 aliphatic carbocycles. The van der Waals surface area contributed by atoms with E-state index in [9.17, 15) is 14.4 Å². The zero-order valence-electron chi connectivity index (χ0n) is 13.5. The molecule has 1 aliphatic heterocycles. The Bertz CT molecular complexity index is 1000. The molecule has 1 saturated carbocycles. The fraction of sp³-hybridized carbons (Fsp3) is 0.250. The summed E-state index contributed by atoms with van der Waals surface area (Å²) < 4.78 is 0. The lowest BCUT2D eigenvalue weighted by Gasteiger charge is -2.43. The molecule has 2 bridgehead atoms. The van der Waals surface area contributed by atoms with E-state index in [0.29, 0.717) is 17.1 Å². The summed E-state index contributed by atoms with van der Waals surface area (Å²) >= 11 is 12.0. The number of carbonyl (C=O) groups is 3. The lowest BCUT2D eigenvalue weighted by Crippen LogP contribution is -2.44. The van der Waals surface area contributed by atoms with Gasteiger partial charge < -0.3 is 0 Å². The van der Waals surface area contributed by atoms with Crippen LogP contribution in [0.1, 0.15) is 29.4 Å². The first-order valence-electron chi connectivity index (χ1n) is 8.43. The van der Waals surface area contributed by atoms with Gasteiger partial charge in [-0.3, -0.25) is 14.4 Å². The topological polar surface area (TPSA) is 54.5 Å². The van der Waals surface area contributed by atoms with Crippen molar-refractivity contribution in [2.45, 2.75) is 18.3 Å². The third kappa shape index (κ3) is 1.94. The molecule has 1 heterocycles. The lowest BCUT2D eigenvalue weighted by atomic mass is 9.56. The van der Waals surface area contributed by atoms with E-state index < -0.39 is 17.8 Å². The Balaban J connectivity index is 1.65. The zero-order chi connectivity index (χ0) is 18.2. The SMILES string of the molecule is O=C1C[C@H]2c3ccccc3[C@H]1[C@H]1C(=O)N(c3ccc(Cl)c(Cl)c3)C(=O)[C@H]12. The number of carbonyl (C=O) groups excluding carboxylic acids is 3. The van der Waals surface area contributed by atoms with Gasteiger partial charge in [0.25, 0.3) is 0 Å². The number of anilines is 1. The molecular weight excluding hydrogens is 373 g/mol. The lowest BCUT2D eigenvalue weighted by molar-refractivity contribution is -0.134. The summed E-state index contributed by atoms with van der Waals surface area (Å²) in [4.78, 5) is 40.2. The van der Waals surface area contributed by atoms with Gasteiger partial charge in [0, 0.05) is 12.3 Å². The van der Waals surface area contributed by atoms with Crippen molar-refractivity contribution in [2.24, 2.45) is 11.8 Å². The van der Waals surface area contributed by atoms with Crippen LogP contribution in [0.4, 0.5) is 5.69 Å². The number of halogens is 2. The third-order valence-corrected chi connectivity index (χ3v) is 6.59. The van der Waals surface area contributed by atoms with Crippen molar-refractivity contribution in [1.82, 2.24) is 0 Å². The van der Waals surface area contributed by atoms with Crippen LogP contribution in [0.15, 0.2) is 42.5 Å². The van der Waals surface area contributed by atoms with Gasteiger partial charge in [0.2, 0.25) is 11.8 Å². The maximum atomic E-state index is 13.2. The summed E-state index contributed by atoms with van der Waals surface area (Å²) in [6.07, 6.45) is 0.317. The van der Waals surface area contributed by atoms with E-state index in [0.717, 1.165) is 11.1 Å². The monoisotopic (exact) mass is 385 g/mol. The fourth-order valence-electron chi connectivity index (χ4n) is 4.84. The molecule has 0 aromatic heterocycles. The molecule has 4 atom stereocenters. The van der Waals surface area contributed by atoms with Gasteiger partial charge in [-0.05, 0) is 29.3 Å². The minimum absolute atomic E-state index is 0.0482. The van der Waals surface area contributed by atoms with Gasteiger partial charge in [0.05, 0.1) is 33.5 Å². The van der Waals surface area contributed by atoms with Crippen molar-refractivity contribution in [3.63, 3.8) is 0 Å². The molecule has 2 aromatic rings. The van der Waals surface area contributed by atoms with Crippen LogP contribution in [0, 0.1) is 11.8 Å². The number of imide groups is 1. The summed E-state index contributed by atoms with van der Waals surface area (Å²) in [6.45, 7) is 0. The average Bonchev–Trinajstić information content (AvgIpc) is 2.90. The van der Waals surface area contributed by atoms with Crippen molar-refractivity contribution in [3.05, 3.63) is 63.6 Å². The van der Waals surface area contributed by atoms with Crippen molar-refractivity contribution < 1.29 is 14.4 Å². The predicted molar refractivity (Wildman–Crippen MR) is 97.5 cm³/mol. The maximum Gasteiger partial charge on any atom is 0.238 e. The highest BCUT2D eigenvalue weighted by molar-refractivity contribution is 6.42. The van der Waals surface area contributed by atoms with E-state index in [1.54, 1.807) is 12.1 Å². The van der Waals surface area contributed by atoms with Crippen molar-refractivity contribution in [2.75, 3.05) is 4.90 Å². The van der Waals surface area contributed by atoms with Crippen LogP contribution in [-0.4, -0.2) is 17.6 Å². The third-order valence-electron chi connectivity index (χ3n) is 5.85. The average molecular weight is 386 g/mol. The number of hydrogen-bond acceptors (Lipinski definition) is 3. The number of rotatable bonds is 1. The van der Waals surface area contributed by atoms with Crippen LogP contribution in [0.5, 0.6) is 0 Å². The summed E-state index contributed by atoms with van der Waals surface area (Å²) in [7, 11) is 0. The molecule has 0 N–H and O–H groups in total. The Morgan fingerprint density at radius 3 is 2.27 bits per heavy atom. The number of Topliss-reactive ketones (excluding diaryl/α,β-unsaturated/α-hetero) is 1. The van der Waals surface area contributed by atoms with Gasteiger partial charge >= 0.3 is 0 Å². The first-order valence-corrected chi connectivity index (χ1v) is 9.19. The molecule has 0 unspecified atom stereocenters. The van der Waals surface area contributed by atoms with E-state index >= 15 is 0 Å². The largest absolute Gasteiger partial charge is 0.299 e. The van der Waals surface area contributed by atoms with Gasteiger partial charge in [-0.2, -0.15) is 0 Å². The second-order valence-electron chi connectivity index (χ2n) is 7.05. The maximum absolute atomic E-state index is 13.2. The summed E-state index contributed by atoms with van der Waals surface area (Å²) in [5.41, 5.74) is 2.32. The molecule has 26 heavy (non-hydrogen) atoms. The number of fused-ring (bicyclic) bond motifs is 1. The van der Waals surface area contributed by atoms with E-state index in [2.05, 4.69) is 0 Å². The number of amides is 2. The Morgan fingerprint density at radius 2 is 1.54 bits per heavy atom. The molecule has 130 valence electrons. The first-order chi connectivity index (χ1) is 12.5. The molecule has 2 amide bonds. The smallest absolute Gasteiger partial charge is 0.238 e. The van der Waals surface area contributed by atoms with E-state index in [1.165, 1.54) is 11.0 Å². The number of ketones is 1. The van der Waals surface area contributed by atoms with Crippen molar-refractivity contribution in [3.8, 4) is 0 Å². The molecule has 4 aliphatic rings. The number of nitrogens with zero attached hydrogens (tertiary/aromatic N) is 1. The van der Waals surface area contributed by atoms with E-state index in [1.807, 2.05) is 24.3 Å². The molecule has 2 fully saturated rings. The summed E-state index contributed by atoms with van der Waals surface area (Å²) in [6, 6.07) is 12.4. The minimum atomic E-state index is -0.627. The normalized spacial score (nSPS) is 29.2. The van der Waals surface area contributed by atoms with Crippen molar-refractivity contribution in [1.29, 1.82) is 0 Å². The highest BCUT2D eigenvalue weighted by atomic mass is 35.5. The minimum Gasteiger partial charge on any atom is -0.299 e. The Kier molecular flexibility index (Phi) is 3.34. The van der Waals surface area contributed by atoms with Gasteiger partial charge in [0.15, 0.2) is 0 Å². The van der Waals surface area contributed by atoms with Crippen LogP contribution in [0.2, 0.25) is 10.0 Å². The van der Waals surface area contributed by atoms with Gasteiger partial charge in [-0.25, -0.2) is 4.90 Å². The number of hydrogen-bond donors (Lipinski definition) is 0. The molecule has 6 rings (SSSR count). The fourth-order valence-corrected chi connectivity index (χ4v) is 5.13. The highest BCUT2D eigenvalue weighted by Crippen LogP contribution is 2.57. The molecule has 1 saturated heterocycles. The molecule has 2 aromatic carbocycles. The quantitative estimate of drug-likeness (QED) is 0.698. The van der Waals surface area contributed by atoms with E-state index in [4.69, 9.17) is 23.2 Å². The predicted octanol–water partition coefficient (Wildman–Crippen LogP) is 3.95. The van der Waals surface area contributed by atoms with Gasteiger partial charge in [-0.1, -0.05) is 47.5 Å². The molecule has 6 heteroatoms. The molecule has 0 radical (unpaired) electrons. The molecular formula is C20H13Cl2NO3. The zero-order valence-corrected chi connectivity index (χ0v) is 15.0. The van der Waals surface area contributed by atoms with Crippen molar-refractivity contribution >= 4 is 46.5 Å². The van der Waals surface area contributed by atoms with Gasteiger partial charge in [0.1, 0.15) is 5.78 Å². The Hall–Kier alpha value is -2.17. The first kappa shape index (κ1) is 16.0. The van der Waals surface area contributed by atoms with Crippen LogP contribution >= 0.6 is 23.2 Å².